The molecule has 2 aromatic heterocycles. The Balaban J connectivity index is 1.66. The third kappa shape index (κ3) is 3.55. The second-order valence-corrected chi connectivity index (χ2v) is 7.09. The lowest BCUT2D eigenvalue weighted by Gasteiger charge is -2.03. The summed E-state index contributed by atoms with van der Waals surface area (Å²) in [5.41, 5.74) is 0.789. The maximum Gasteiger partial charge on any atom is 0.350 e. The van der Waals surface area contributed by atoms with Gasteiger partial charge in [-0.2, -0.15) is 0 Å². The predicted octanol–water partition coefficient (Wildman–Crippen LogP) is 4.25. The van der Waals surface area contributed by atoms with Crippen LogP contribution in [0.5, 0.6) is 0 Å². The van der Waals surface area contributed by atoms with Crippen LogP contribution in [0.2, 0.25) is 5.02 Å². The number of aromatic nitrogens is 1. The third-order valence-electron chi connectivity index (χ3n) is 2.98. The number of amides is 1. The molecule has 2 heterocycles. The Kier molecular flexibility index (Phi) is 4.79. The molecule has 0 atom stereocenters. The van der Waals surface area contributed by atoms with Gasteiger partial charge in [-0.1, -0.05) is 11.6 Å². The lowest BCUT2D eigenvalue weighted by Crippen LogP contribution is -2.20. The number of fused-ring (bicyclic) bond motifs is 1. The first kappa shape index (κ1) is 16.8. The van der Waals surface area contributed by atoms with Crippen LogP contribution in [0.15, 0.2) is 23.6 Å². The number of halogens is 2. The van der Waals surface area contributed by atoms with Crippen LogP contribution in [0.1, 0.15) is 15.4 Å². The van der Waals surface area contributed by atoms with Gasteiger partial charge >= 0.3 is 5.97 Å². The van der Waals surface area contributed by atoms with Crippen molar-refractivity contribution in [3.63, 3.8) is 0 Å². The number of nitrogens with zero attached hydrogens (tertiary/aromatic N) is 1. The van der Waals surface area contributed by atoms with Crippen molar-refractivity contribution in [2.45, 2.75) is 6.92 Å². The molecule has 0 saturated heterocycles. The van der Waals surface area contributed by atoms with Gasteiger partial charge in [0, 0.05) is 15.5 Å². The largest absolute Gasteiger partial charge is 0.451 e. The van der Waals surface area contributed by atoms with Crippen molar-refractivity contribution in [1.82, 2.24) is 4.98 Å². The van der Waals surface area contributed by atoms with Crippen LogP contribution in [0.3, 0.4) is 0 Å². The number of carbonyl (C=O) groups excluding carboxylic acids is 2. The van der Waals surface area contributed by atoms with Gasteiger partial charge in [0.25, 0.3) is 5.91 Å². The van der Waals surface area contributed by atoms with E-state index >= 15 is 0 Å². The molecule has 0 aliphatic rings. The average molecular weight is 385 g/mol. The Bertz CT molecular complexity index is 938. The number of aryl methyl sites for hydroxylation is 1. The number of hydrogen-bond acceptors (Lipinski definition) is 6. The number of rotatable bonds is 4. The van der Waals surface area contributed by atoms with E-state index in [1.165, 1.54) is 29.5 Å². The van der Waals surface area contributed by atoms with E-state index in [1.54, 1.807) is 12.3 Å². The molecule has 1 aromatic carbocycles. The molecule has 0 radical (unpaired) electrons. The molecule has 0 saturated carbocycles. The van der Waals surface area contributed by atoms with E-state index in [1.807, 2.05) is 0 Å². The maximum absolute atomic E-state index is 13.2. The second kappa shape index (κ2) is 6.84. The molecule has 0 aliphatic heterocycles. The van der Waals surface area contributed by atoms with Crippen molar-refractivity contribution in [1.29, 1.82) is 0 Å². The number of esters is 1. The molecule has 0 fully saturated rings. The van der Waals surface area contributed by atoms with Crippen molar-refractivity contribution in [3.8, 4) is 0 Å². The highest BCUT2D eigenvalue weighted by molar-refractivity contribution is 7.21. The predicted molar refractivity (Wildman–Crippen MR) is 92.6 cm³/mol. The number of benzene rings is 1. The number of anilines is 1. The summed E-state index contributed by atoms with van der Waals surface area (Å²) in [5.74, 6) is -1.65. The van der Waals surface area contributed by atoms with E-state index in [4.69, 9.17) is 16.3 Å². The van der Waals surface area contributed by atoms with Crippen LogP contribution in [0.25, 0.3) is 10.1 Å². The molecular formula is C15H10ClFN2O3S2. The van der Waals surface area contributed by atoms with Crippen LogP contribution < -0.4 is 5.32 Å². The standard InChI is InChI=1S/C15H10ClFN2O3S2/c1-7-6-23-15(18-7)19-11(20)5-22-14(21)13-12(16)9-3-2-8(17)4-10(9)24-13/h2-4,6H,5H2,1H3,(H,18,19,20). The van der Waals surface area contributed by atoms with Crippen molar-refractivity contribution in [3.05, 3.63) is 45.0 Å². The first-order chi connectivity index (χ1) is 11.4. The van der Waals surface area contributed by atoms with Gasteiger partial charge in [0.05, 0.1) is 10.7 Å². The molecule has 3 rings (SSSR count). The number of ether oxygens (including phenoxy) is 1. The molecule has 1 amide bonds. The van der Waals surface area contributed by atoms with Crippen LogP contribution >= 0.6 is 34.3 Å². The third-order valence-corrected chi connectivity index (χ3v) is 5.49. The summed E-state index contributed by atoms with van der Waals surface area (Å²) in [4.78, 5) is 28.1. The van der Waals surface area contributed by atoms with Crippen LogP contribution in [0.4, 0.5) is 9.52 Å². The number of hydrogen-bond donors (Lipinski definition) is 1. The molecule has 0 bridgehead atoms. The molecule has 0 aliphatic carbocycles. The Morgan fingerprint density at radius 3 is 2.92 bits per heavy atom. The van der Waals surface area contributed by atoms with Gasteiger partial charge in [-0.05, 0) is 25.1 Å². The summed E-state index contributed by atoms with van der Waals surface area (Å²) in [7, 11) is 0. The van der Waals surface area contributed by atoms with E-state index in [-0.39, 0.29) is 9.90 Å². The molecule has 0 unspecified atom stereocenters. The summed E-state index contributed by atoms with van der Waals surface area (Å²) < 4.78 is 18.7. The lowest BCUT2D eigenvalue weighted by molar-refractivity contribution is -0.119. The minimum absolute atomic E-state index is 0.134. The summed E-state index contributed by atoms with van der Waals surface area (Å²) >= 11 is 8.42. The zero-order valence-electron chi connectivity index (χ0n) is 12.3. The van der Waals surface area contributed by atoms with Gasteiger partial charge < -0.3 is 4.74 Å². The maximum atomic E-state index is 13.2. The van der Waals surface area contributed by atoms with Crippen molar-refractivity contribution >= 4 is 61.4 Å². The molecule has 24 heavy (non-hydrogen) atoms. The number of nitrogens with one attached hydrogen (secondary N) is 1. The van der Waals surface area contributed by atoms with E-state index in [0.717, 1.165) is 17.0 Å². The van der Waals surface area contributed by atoms with Gasteiger partial charge in [-0.15, -0.1) is 22.7 Å². The van der Waals surface area contributed by atoms with Crippen molar-refractivity contribution < 1.29 is 18.7 Å². The highest BCUT2D eigenvalue weighted by Gasteiger charge is 2.20. The van der Waals surface area contributed by atoms with Gasteiger partial charge in [-0.25, -0.2) is 14.2 Å². The molecule has 0 spiro atoms. The molecule has 3 aromatic rings. The highest BCUT2D eigenvalue weighted by atomic mass is 35.5. The van der Waals surface area contributed by atoms with Gasteiger partial charge in [-0.3, -0.25) is 10.1 Å². The summed E-state index contributed by atoms with van der Waals surface area (Å²) in [6.07, 6.45) is 0. The Morgan fingerprint density at radius 1 is 1.42 bits per heavy atom. The molecular weight excluding hydrogens is 375 g/mol. The first-order valence-electron chi connectivity index (χ1n) is 6.70. The van der Waals surface area contributed by atoms with Crippen LogP contribution in [0, 0.1) is 12.7 Å². The summed E-state index contributed by atoms with van der Waals surface area (Å²) in [5, 5.41) is 5.51. The zero-order valence-corrected chi connectivity index (χ0v) is 14.6. The van der Waals surface area contributed by atoms with E-state index in [9.17, 15) is 14.0 Å². The molecule has 9 heteroatoms. The van der Waals surface area contributed by atoms with Crippen molar-refractivity contribution in [2.24, 2.45) is 0 Å². The van der Waals surface area contributed by atoms with Gasteiger partial charge in [0.2, 0.25) is 0 Å². The fraction of sp³-hybridized carbons (Fsp3) is 0.133. The summed E-state index contributed by atoms with van der Waals surface area (Å²) in [6.45, 7) is 1.34. The quantitative estimate of drug-likeness (QED) is 0.682. The molecule has 124 valence electrons. The zero-order chi connectivity index (χ0) is 17.3. The molecule has 1 N–H and O–H groups in total. The Morgan fingerprint density at radius 2 is 2.21 bits per heavy atom. The first-order valence-corrected chi connectivity index (χ1v) is 8.78. The van der Waals surface area contributed by atoms with Crippen LogP contribution in [-0.4, -0.2) is 23.5 Å². The Labute approximate surface area is 149 Å². The average Bonchev–Trinajstić information content (AvgIpc) is 3.08. The fourth-order valence-electron chi connectivity index (χ4n) is 1.93. The molecule has 5 nitrogen and oxygen atoms in total. The number of thiazole rings is 1. The second-order valence-electron chi connectivity index (χ2n) is 4.80. The van der Waals surface area contributed by atoms with Gasteiger partial charge in [0.1, 0.15) is 10.7 Å². The van der Waals surface area contributed by atoms with E-state index in [2.05, 4.69) is 10.3 Å². The van der Waals surface area contributed by atoms with Crippen molar-refractivity contribution in [2.75, 3.05) is 11.9 Å². The SMILES string of the molecule is Cc1csc(NC(=O)COC(=O)c2sc3cc(F)ccc3c2Cl)n1. The smallest absolute Gasteiger partial charge is 0.350 e. The monoisotopic (exact) mass is 384 g/mol. The fourth-order valence-corrected chi connectivity index (χ4v) is 4.07. The highest BCUT2D eigenvalue weighted by Crippen LogP contribution is 2.36. The minimum Gasteiger partial charge on any atom is -0.451 e. The van der Waals surface area contributed by atoms with E-state index < -0.39 is 24.3 Å². The number of carbonyl (C=O) groups is 2. The van der Waals surface area contributed by atoms with Gasteiger partial charge in [0.15, 0.2) is 11.7 Å². The summed E-state index contributed by atoms with van der Waals surface area (Å²) in [6, 6.07) is 4.05. The Hall–Kier alpha value is -2.03. The normalized spacial score (nSPS) is 10.8. The van der Waals surface area contributed by atoms with E-state index in [0.29, 0.717) is 15.2 Å². The minimum atomic E-state index is -0.730. The topological polar surface area (TPSA) is 68.3 Å². The number of thiophene rings is 1. The van der Waals surface area contributed by atoms with Crippen LogP contribution in [-0.2, 0) is 9.53 Å². The lowest BCUT2D eigenvalue weighted by atomic mass is 10.2.